The molecule has 2 rings (SSSR count). The number of amides is 1. The minimum atomic E-state index is -0.509. The Balaban J connectivity index is 2.26. The lowest BCUT2D eigenvalue weighted by atomic mass is 10.1. The Hall–Kier alpha value is -2.56. The van der Waals surface area contributed by atoms with Gasteiger partial charge in [0, 0.05) is 19.2 Å². The van der Waals surface area contributed by atoms with Crippen LogP contribution in [-0.4, -0.2) is 13.0 Å². The van der Waals surface area contributed by atoms with E-state index in [4.69, 9.17) is 11.5 Å². The van der Waals surface area contributed by atoms with E-state index < -0.39 is 5.91 Å². The van der Waals surface area contributed by atoms with E-state index in [1.54, 1.807) is 24.3 Å². The maximum atomic E-state index is 13.2. The quantitative estimate of drug-likeness (QED) is 0.838. The molecule has 0 saturated heterocycles. The number of carbonyl (C=O) groups is 1. The molecule has 20 heavy (non-hydrogen) atoms. The predicted octanol–water partition coefficient (Wildman–Crippen LogP) is 2.14. The van der Waals surface area contributed by atoms with E-state index in [0.717, 1.165) is 5.56 Å². The Labute approximate surface area is 116 Å². The molecule has 0 fully saturated rings. The van der Waals surface area contributed by atoms with E-state index >= 15 is 0 Å². The van der Waals surface area contributed by atoms with Gasteiger partial charge in [-0.15, -0.1) is 0 Å². The average Bonchev–Trinajstić information content (AvgIpc) is 2.38. The Morgan fingerprint density at radius 2 is 2.00 bits per heavy atom. The summed E-state index contributed by atoms with van der Waals surface area (Å²) in [7, 11) is 1.82. The molecule has 2 aromatic rings. The molecule has 0 bridgehead atoms. The molecule has 0 heterocycles. The molecule has 0 aromatic heterocycles. The minimum Gasteiger partial charge on any atom is -0.397 e. The number of nitrogens with zero attached hydrogens (tertiary/aromatic N) is 1. The fourth-order valence-electron chi connectivity index (χ4n) is 2.02. The third-order valence-corrected chi connectivity index (χ3v) is 3.03. The highest BCUT2D eigenvalue weighted by molar-refractivity contribution is 5.95. The predicted molar refractivity (Wildman–Crippen MR) is 77.9 cm³/mol. The van der Waals surface area contributed by atoms with Gasteiger partial charge in [-0.25, -0.2) is 4.39 Å². The van der Waals surface area contributed by atoms with Crippen molar-refractivity contribution in [1.29, 1.82) is 0 Å². The summed E-state index contributed by atoms with van der Waals surface area (Å²) < 4.78 is 13.2. The molecule has 5 heteroatoms. The van der Waals surface area contributed by atoms with Crippen molar-refractivity contribution in [2.75, 3.05) is 17.7 Å². The summed E-state index contributed by atoms with van der Waals surface area (Å²) in [5.41, 5.74) is 13.6. The maximum absolute atomic E-state index is 13.2. The smallest absolute Gasteiger partial charge is 0.248 e. The van der Waals surface area contributed by atoms with Crippen molar-refractivity contribution in [2.24, 2.45) is 5.73 Å². The van der Waals surface area contributed by atoms with Gasteiger partial charge in [-0.2, -0.15) is 0 Å². The number of nitrogens with two attached hydrogens (primary N) is 2. The number of anilines is 2. The number of rotatable bonds is 4. The van der Waals surface area contributed by atoms with Gasteiger partial charge in [0.1, 0.15) is 5.82 Å². The minimum absolute atomic E-state index is 0.283. The number of halogens is 1. The van der Waals surface area contributed by atoms with Gasteiger partial charge >= 0.3 is 0 Å². The second-order valence-electron chi connectivity index (χ2n) is 4.62. The van der Waals surface area contributed by atoms with Crippen LogP contribution >= 0.6 is 0 Å². The van der Waals surface area contributed by atoms with Crippen molar-refractivity contribution in [3.05, 3.63) is 59.4 Å². The van der Waals surface area contributed by atoms with E-state index in [9.17, 15) is 9.18 Å². The van der Waals surface area contributed by atoms with Crippen LogP contribution in [0.25, 0.3) is 0 Å². The van der Waals surface area contributed by atoms with Crippen molar-refractivity contribution < 1.29 is 9.18 Å². The van der Waals surface area contributed by atoms with Gasteiger partial charge in [0.05, 0.1) is 11.4 Å². The van der Waals surface area contributed by atoms with Gasteiger partial charge in [0.15, 0.2) is 0 Å². The van der Waals surface area contributed by atoms with Crippen LogP contribution in [-0.2, 0) is 6.54 Å². The Kier molecular flexibility index (Phi) is 3.89. The standard InChI is InChI=1S/C15H16FN3O/c1-19(9-10-3-2-4-12(16)7-10)14-8-11(15(18)20)5-6-13(14)17/h2-8H,9,17H2,1H3,(H2,18,20). The molecular formula is C15H16FN3O. The third-order valence-electron chi connectivity index (χ3n) is 3.03. The lowest BCUT2D eigenvalue weighted by molar-refractivity contribution is 0.100. The monoisotopic (exact) mass is 273 g/mol. The van der Waals surface area contributed by atoms with Crippen LogP contribution in [0.3, 0.4) is 0 Å². The lowest BCUT2D eigenvalue weighted by Gasteiger charge is -2.21. The number of hydrogen-bond acceptors (Lipinski definition) is 3. The molecule has 1 amide bonds. The molecule has 4 N–H and O–H groups in total. The highest BCUT2D eigenvalue weighted by Crippen LogP contribution is 2.25. The summed E-state index contributed by atoms with van der Waals surface area (Å²) in [6, 6.07) is 11.2. The van der Waals surface area contributed by atoms with Crippen LogP contribution < -0.4 is 16.4 Å². The molecular weight excluding hydrogens is 257 g/mol. The van der Waals surface area contributed by atoms with E-state index in [2.05, 4.69) is 0 Å². The van der Waals surface area contributed by atoms with Crippen molar-refractivity contribution >= 4 is 17.3 Å². The summed E-state index contributed by atoms with van der Waals surface area (Å²) in [6.07, 6.45) is 0. The second-order valence-corrected chi connectivity index (χ2v) is 4.62. The zero-order valence-corrected chi connectivity index (χ0v) is 11.1. The highest BCUT2D eigenvalue weighted by atomic mass is 19.1. The first-order valence-corrected chi connectivity index (χ1v) is 6.12. The van der Waals surface area contributed by atoms with Crippen LogP contribution in [0.15, 0.2) is 42.5 Å². The number of carbonyl (C=O) groups excluding carboxylic acids is 1. The molecule has 0 aliphatic rings. The Bertz CT molecular complexity index is 643. The first kappa shape index (κ1) is 13.9. The zero-order valence-electron chi connectivity index (χ0n) is 11.1. The fourth-order valence-corrected chi connectivity index (χ4v) is 2.02. The molecule has 2 aromatic carbocycles. The summed E-state index contributed by atoms with van der Waals surface area (Å²) >= 11 is 0. The van der Waals surface area contributed by atoms with Crippen LogP contribution in [0, 0.1) is 5.82 Å². The number of benzene rings is 2. The molecule has 0 radical (unpaired) electrons. The summed E-state index contributed by atoms with van der Waals surface area (Å²) in [4.78, 5) is 13.0. The van der Waals surface area contributed by atoms with Gasteiger partial charge in [0.2, 0.25) is 5.91 Å². The van der Waals surface area contributed by atoms with Crippen molar-refractivity contribution in [3.63, 3.8) is 0 Å². The van der Waals surface area contributed by atoms with Gasteiger partial charge < -0.3 is 16.4 Å². The molecule has 104 valence electrons. The number of primary amides is 1. The number of hydrogen-bond donors (Lipinski definition) is 2. The van der Waals surface area contributed by atoms with Crippen LogP contribution in [0.2, 0.25) is 0 Å². The highest BCUT2D eigenvalue weighted by Gasteiger charge is 2.10. The van der Waals surface area contributed by atoms with Gasteiger partial charge in [-0.1, -0.05) is 12.1 Å². The van der Waals surface area contributed by atoms with Gasteiger partial charge in [-0.3, -0.25) is 4.79 Å². The SMILES string of the molecule is CN(Cc1cccc(F)c1)c1cc(C(N)=O)ccc1N. The van der Waals surface area contributed by atoms with E-state index in [0.29, 0.717) is 23.5 Å². The zero-order chi connectivity index (χ0) is 14.7. The van der Waals surface area contributed by atoms with Crippen LogP contribution in [0.4, 0.5) is 15.8 Å². The van der Waals surface area contributed by atoms with Crippen molar-refractivity contribution in [2.45, 2.75) is 6.54 Å². The van der Waals surface area contributed by atoms with Crippen LogP contribution in [0.1, 0.15) is 15.9 Å². The summed E-state index contributed by atoms with van der Waals surface area (Å²) in [6.45, 7) is 0.476. The Morgan fingerprint density at radius 1 is 1.25 bits per heavy atom. The van der Waals surface area contributed by atoms with Crippen molar-refractivity contribution in [3.8, 4) is 0 Å². The molecule has 0 atom stereocenters. The molecule has 0 saturated carbocycles. The van der Waals surface area contributed by atoms with Gasteiger partial charge in [0.25, 0.3) is 0 Å². The lowest BCUT2D eigenvalue weighted by Crippen LogP contribution is -2.19. The molecule has 0 aliphatic carbocycles. The van der Waals surface area contributed by atoms with Crippen molar-refractivity contribution in [1.82, 2.24) is 0 Å². The molecule has 0 aliphatic heterocycles. The summed E-state index contributed by atoms with van der Waals surface area (Å²) in [5.74, 6) is -0.792. The third kappa shape index (κ3) is 3.06. The molecule has 0 unspecified atom stereocenters. The first-order chi connectivity index (χ1) is 9.47. The normalized spacial score (nSPS) is 10.3. The fraction of sp³-hybridized carbons (Fsp3) is 0.133. The van der Waals surface area contributed by atoms with E-state index in [1.807, 2.05) is 18.0 Å². The van der Waals surface area contributed by atoms with Gasteiger partial charge in [-0.05, 0) is 35.9 Å². The van der Waals surface area contributed by atoms with E-state index in [-0.39, 0.29) is 5.82 Å². The molecule has 0 spiro atoms. The first-order valence-electron chi connectivity index (χ1n) is 6.12. The summed E-state index contributed by atoms with van der Waals surface area (Å²) in [5, 5.41) is 0. The van der Waals surface area contributed by atoms with E-state index in [1.165, 1.54) is 12.1 Å². The average molecular weight is 273 g/mol. The number of nitrogen functional groups attached to an aromatic ring is 1. The maximum Gasteiger partial charge on any atom is 0.248 e. The molecule has 4 nitrogen and oxygen atoms in total. The Morgan fingerprint density at radius 3 is 2.65 bits per heavy atom. The largest absolute Gasteiger partial charge is 0.397 e. The van der Waals surface area contributed by atoms with Crippen LogP contribution in [0.5, 0.6) is 0 Å². The topological polar surface area (TPSA) is 72.3 Å². The second kappa shape index (κ2) is 5.61.